The quantitative estimate of drug-likeness (QED) is 0.624. The van der Waals surface area contributed by atoms with E-state index in [0.717, 1.165) is 0 Å². The summed E-state index contributed by atoms with van der Waals surface area (Å²) < 4.78 is 44.3. The van der Waals surface area contributed by atoms with Gasteiger partial charge >= 0.3 is 6.18 Å². The van der Waals surface area contributed by atoms with Gasteiger partial charge in [-0.05, 0) is 30.3 Å². The maximum absolute atomic E-state index is 12.8. The van der Waals surface area contributed by atoms with Crippen LogP contribution in [0.4, 0.5) is 13.2 Å². The molecule has 29 heavy (non-hydrogen) atoms. The Morgan fingerprint density at radius 2 is 2.00 bits per heavy atom. The van der Waals surface area contributed by atoms with Crippen molar-refractivity contribution in [3.63, 3.8) is 0 Å². The number of hydrogen-bond acceptors (Lipinski definition) is 4. The van der Waals surface area contributed by atoms with E-state index in [1.54, 1.807) is 30.3 Å². The lowest BCUT2D eigenvalue weighted by Crippen LogP contribution is -2.36. The largest absolute Gasteiger partial charge is 0.460 e. The summed E-state index contributed by atoms with van der Waals surface area (Å²) in [4.78, 5) is 19.4. The van der Waals surface area contributed by atoms with Crippen molar-refractivity contribution in [2.45, 2.75) is 25.7 Å². The normalized spacial score (nSPS) is 14.8. The molecule has 0 radical (unpaired) electrons. The van der Waals surface area contributed by atoms with Crippen LogP contribution in [0.2, 0.25) is 10.0 Å². The molecule has 1 N–H and O–H groups in total. The Kier molecular flexibility index (Phi) is 5.18. The predicted octanol–water partition coefficient (Wildman–Crippen LogP) is 4.91. The van der Waals surface area contributed by atoms with Gasteiger partial charge in [-0.25, -0.2) is 4.98 Å². The number of halogens is 5. The first-order chi connectivity index (χ1) is 13.7. The SMILES string of the molecule is O=c1[nH]c(C(F)(F)F)nc2c1CN(Cc1ccc(-c3cc(Cl)ccc3Cl)o1)CC2. The summed E-state index contributed by atoms with van der Waals surface area (Å²) in [6.45, 7) is 1.02. The van der Waals surface area contributed by atoms with Gasteiger partial charge in [0.2, 0.25) is 5.82 Å². The Morgan fingerprint density at radius 1 is 1.21 bits per heavy atom. The summed E-state index contributed by atoms with van der Waals surface area (Å²) in [6.07, 6.45) is -4.44. The van der Waals surface area contributed by atoms with E-state index >= 15 is 0 Å². The van der Waals surface area contributed by atoms with Gasteiger partial charge < -0.3 is 9.40 Å². The molecule has 152 valence electrons. The lowest BCUT2D eigenvalue weighted by molar-refractivity contribution is -0.145. The first-order valence-corrected chi connectivity index (χ1v) is 9.42. The van der Waals surface area contributed by atoms with E-state index in [0.29, 0.717) is 40.2 Å². The number of fused-ring (bicyclic) bond motifs is 1. The number of rotatable bonds is 3. The zero-order valence-electron chi connectivity index (χ0n) is 14.8. The maximum Gasteiger partial charge on any atom is 0.449 e. The van der Waals surface area contributed by atoms with Crippen LogP contribution in [0.3, 0.4) is 0 Å². The Bertz CT molecular complexity index is 1120. The molecule has 0 bridgehead atoms. The van der Waals surface area contributed by atoms with Crippen LogP contribution in [0.1, 0.15) is 22.8 Å². The Morgan fingerprint density at radius 3 is 2.76 bits per heavy atom. The lowest BCUT2D eigenvalue weighted by Gasteiger charge is -2.27. The van der Waals surface area contributed by atoms with Crippen LogP contribution in [-0.2, 0) is 25.7 Å². The van der Waals surface area contributed by atoms with Gasteiger partial charge in [0.1, 0.15) is 11.5 Å². The van der Waals surface area contributed by atoms with Crippen LogP contribution >= 0.6 is 23.2 Å². The molecule has 1 aliphatic rings. The van der Waals surface area contributed by atoms with E-state index in [1.165, 1.54) is 0 Å². The Balaban J connectivity index is 1.52. The fourth-order valence-electron chi connectivity index (χ4n) is 3.26. The van der Waals surface area contributed by atoms with Crippen LogP contribution in [0.25, 0.3) is 11.3 Å². The lowest BCUT2D eigenvalue weighted by atomic mass is 10.1. The van der Waals surface area contributed by atoms with Gasteiger partial charge in [0.25, 0.3) is 5.56 Å². The van der Waals surface area contributed by atoms with E-state index in [2.05, 4.69) is 4.98 Å². The second-order valence-electron chi connectivity index (χ2n) is 6.69. The molecule has 2 aromatic heterocycles. The van der Waals surface area contributed by atoms with E-state index in [4.69, 9.17) is 27.6 Å². The smallest absolute Gasteiger partial charge is 0.449 e. The first-order valence-electron chi connectivity index (χ1n) is 8.66. The van der Waals surface area contributed by atoms with Crippen molar-refractivity contribution in [2.24, 2.45) is 0 Å². The molecule has 0 saturated carbocycles. The number of benzene rings is 1. The Hall–Kier alpha value is -2.29. The number of nitrogens with zero attached hydrogens (tertiary/aromatic N) is 2. The summed E-state index contributed by atoms with van der Waals surface area (Å²) in [7, 11) is 0. The van der Waals surface area contributed by atoms with E-state index in [1.807, 2.05) is 9.88 Å². The van der Waals surface area contributed by atoms with Gasteiger partial charge in [0.15, 0.2) is 0 Å². The maximum atomic E-state index is 12.8. The molecule has 1 aromatic carbocycles. The third kappa shape index (κ3) is 4.19. The topological polar surface area (TPSA) is 62.1 Å². The summed E-state index contributed by atoms with van der Waals surface area (Å²) in [5.74, 6) is -0.0705. The average molecular weight is 444 g/mol. The molecule has 4 rings (SSSR count). The molecule has 3 heterocycles. The van der Waals surface area contributed by atoms with Crippen molar-refractivity contribution in [2.75, 3.05) is 6.54 Å². The van der Waals surface area contributed by atoms with Crippen LogP contribution in [0, 0.1) is 0 Å². The molecule has 0 spiro atoms. The fraction of sp³-hybridized carbons (Fsp3) is 0.263. The van der Waals surface area contributed by atoms with Crippen LogP contribution in [0.5, 0.6) is 0 Å². The molecule has 0 amide bonds. The van der Waals surface area contributed by atoms with Crippen LogP contribution in [0.15, 0.2) is 39.5 Å². The highest BCUT2D eigenvalue weighted by Gasteiger charge is 2.36. The van der Waals surface area contributed by atoms with E-state index in [-0.39, 0.29) is 24.2 Å². The van der Waals surface area contributed by atoms with Crippen molar-refractivity contribution in [3.8, 4) is 11.3 Å². The van der Waals surface area contributed by atoms with Gasteiger partial charge in [0.05, 0.1) is 22.8 Å². The van der Waals surface area contributed by atoms with Crippen LogP contribution in [-0.4, -0.2) is 21.4 Å². The molecule has 1 aliphatic heterocycles. The van der Waals surface area contributed by atoms with Crippen molar-refractivity contribution < 1.29 is 17.6 Å². The standard InChI is InChI=1S/C19H14Cl2F3N3O2/c20-10-1-3-14(21)12(7-10)16-4-2-11(29-16)8-27-6-5-15-13(9-27)17(28)26-18(25-15)19(22,23)24/h1-4,7H,5-6,8-9H2,(H,25,26,28). The minimum Gasteiger partial charge on any atom is -0.460 e. The highest BCUT2D eigenvalue weighted by molar-refractivity contribution is 6.35. The van der Waals surface area contributed by atoms with Crippen LogP contribution < -0.4 is 5.56 Å². The van der Waals surface area contributed by atoms with E-state index < -0.39 is 17.6 Å². The highest BCUT2D eigenvalue weighted by Crippen LogP contribution is 2.32. The summed E-state index contributed by atoms with van der Waals surface area (Å²) in [5, 5.41) is 1.03. The molecular weight excluding hydrogens is 430 g/mol. The number of nitrogens with one attached hydrogen (secondary N) is 1. The molecule has 0 atom stereocenters. The summed E-state index contributed by atoms with van der Waals surface area (Å²) in [5.41, 5.74) is 0.324. The van der Waals surface area contributed by atoms with Crippen molar-refractivity contribution in [1.82, 2.24) is 14.9 Å². The fourth-order valence-corrected chi connectivity index (χ4v) is 3.65. The Labute approximate surface area is 173 Å². The van der Waals surface area contributed by atoms with Gasteiger partial charge in [0, 0.05) is 30.1 Å². The highest BCUT2D eigenvalue weighted by atomic mass is 35.5. The van der Waals surface area contributed by atoms with Gasteiger partial charge in [-0.3, -0.25) is 9.69 Å². The number of aromatic amines is 1. The molecule has 3 aromatic rings. The summed E-state index contributed by atoms with van der Waals surface area (Å²) in [6, 6.07) is 8.62. The third-order valence-electron chi connectivity index (χ3n) is 4.65. The number of H-pyrrole nitrogens is 1. The number of alkyl halides is 3. The molecule has 10 heteroatoms. The molecule has 0 aliphatic carbocycles. The second-order valence-corrected chi connectivity index (χ2v) is 7.53. The molecule has 0 unspecified atom stereocenters. The van der Waals surface area contributed by atoms with Crippen molar-refractivity contribution in [3.05, 3.63) is 73.6 Å². The number of furan rings is 1. The molecule has 0 saturated heterocycles. The first kappa shape index (κ1) is 20.0. The second kappa shape index (κ2) is 7.51. The monoisotopic (exact) mass is 443 g/mol. The summed E-state index contributed by atoms with van der Waals surface area (Å²) >= 11 is 12.2. The molecule has 0 fully saturated rings. The zero-order chi connectivity index (χ0) is 20.8. The van der Waals surface area contributed by atoms with Gasteiger partial charge in [-0.15, -0.1) is 0 Å². The zero-order valence-corrected chi connectivity index (χ0v) is 16.3. The predicted molar refractivity (Wildman–Crippen MR) is 102 cm³/mol. The minimum atomic E-state index is -4.68. The number of hydrogen-bond donors (Lipinski definition) is 1. The average Bonchev–Trinajstić information content (AvgIpc) is 3.11. The molecule has 5 nitrogen and oxygen atoms in total. The van der Waals surface area contributed by atoms with E-state index in [9.17, 15) is 18.0 Å². The minimum absolute atomic E-state index is 0.183. The van der Waals surface area contributed by atoms with Crippen molar-refractivity contribution >= 4 is 23.2 Å². The van der Waals surface area contributed by atoms with Gasteiger partial charge in [-0.1, -0.05) is 23.2 Å². The van der Waals surface area contributed by atoms with Gasteiger partial charge in [-0.2, -0.15) is 13.2 Å². The number of aromatic nitrogens is 2. The van der Waals surface area contributed by atoms with Crippen molar-refractivity contribution in [1.29, 1.82) is 0 Å². The molecular formula is C19H14Cl2F3N3O2. The third-order valence-corrected chi connectivity index (χ3v) is 5.22.